The highest BCUT2D eigenvalue weighted by Crippen LogP contribution is 2.32. The molecule has 0 fully saturated rings. The van der Waals surface area contributed by atoms with Crippen molar-refractivity contribution in [2.24, 2.45) is 0 Å². The van der Waals surface area contributed by atoms with E-state index in [-0.39, 0.29) is 30.3 Å². The van der Waals surface area contributed by atoms with Gasteiger partial charge in [-0.15, -0.1) is 0 Å². The fourth-order valence-corrected chi connectivity index (χ4v) is 3.99. The molecule has 1 amide bonds. The molecule has 2 heterocycles. The minimum atomic E-state index is -4.40. The van der Waals surface area contributed by atoms with Gasteiger partial charge in [0.05, 0.1) is 30.6 Å². The lowest BCUT2D eigenvalue weighted by Crippen LogP contribution is -2.34. The van der Waals surface area contributed by atoms with E-state index >= 15 is 0 Å². The van der Waals surface area contributed by atoms with Gasteiger partial charge in [0.1, 0.15) is 5.69 Å². The second-order valence-corrected chi connectivity index (χ2v) is 7.79. The van der Waals surface area contributed by atoms with Gasteiger partial charge in [-0.2, -0.15) is 35.3 Å². The minimum Gasteiger partial charge on any atom is -0.308 e. The first-order valence-electron chi connectivity index (χ1n) is 8.76. The molecule has 29 heavy (non-hydrogen) atoms. The number of nitrogens with zero attached hydrogens (tertiary/aromatic N) is 5. The van der Waals surface area contributed by atoms with Gasteiger partial charge in [-0.25, -0.2) is 4.68 Å². The van der Waals surface area contributed by atoms with Crippen LogP contribution in [0.1, 0.15) is 26.2 Å². The molecular weight excluding hydrogens is 427 g/mol. The van der Waals surface area contributed by atoms with Gasteiger partial charge in [-0.3, -0.25) is 9.78 Å². The topological polar surface area (TPSA) is 74.8 Å². The Morgan fingerprint density at radius 3 is 2.83 bits per heavy atom. The average molecular weight is 446 g/mol. The van der Waals surface area contributed by atoms with Crippen LogP contribution < -0.4 is 4.90 Å². The molecule has 2 rings (SSSR count). The first-order chi connectivity index (χ1) is 13.7. The maximum Gasteiger partial charge on any atom is 0.390 e. The minimum absolute atomic E-state index is 0.0635. The Bertz CT molecular complexity index is 853. The van der Waals surface area contributed by atoms with E-state index in [0.29, 0.717) is 11.4 Å². The summed E-state index contributed by atoms with van der Waals surface area (Å²) in [5, 5.41) is 11.9. The number of thioether (sulfide) groups is 1. The molecule has 1 unspecified atom stereocenters. The maximum absolute atomic E-state index is 12.9. The zero-order valence-corrected chi connectivity index (χ0v) is 17.1. The van der Waals surface area contributed by atoms with Gasteiger partial charge in [-0.05, 0) is 19.1 Å². The van der Waals surface area contributed by atoms with Crippen LogP contribution in [0.4, 0.5) is 18.9 Å². The van der Waals surface area contributed by atoms with Crippen molar-refractivity contribution in [2.75, 3.05) is 17.2 Å². The molecule has 1 atom stereocenters. The number of nitriles is 1. The van der Waals surface area contributed by atoms with Crippen LogP contribution in [0.15, 0.2) is 30.7 Å². The third-order valence-corrected chi connectivity index (χ3v) is 5.41. The number of amides is 1. The standard InChI is InChI=1S/C18H19ClF3N5OS/c1-2-26(15-12-27(25-17(15)19)13-5-3-7-24-11-13)16(28)9-14(10-18(20,21)22)29-8-4-6-23/h3,5,7,11-12,14H,2,4,8-10H2,1H3. The Labute approximate surface area is 175 Å². The Balaban J connectivity index is 2.18. The first kappa shape index (κ1) is 23.0. The molecule has 11 heteroatoms. The second kappa shape index (κ2) is 10.5. The van der Waals surface area contributed by atoms with Crippen molar-refractivity contribution in [1.29, 1.82) is 5.26 Å². The number of alkyl halides is 3. The number of pyridine rings is 1. The van der Waals surface area contributed by atoms with Gasteiger partial charge < -0.3 is 4.90 Å². The van der Waals surface area contributed by atoms with Crippen LogP contribution >= 0.6 is 23.4 Å². The Morgan fingerprint density at radius 2 is 2.24 bits per heavy atom. The lowest BCUT2D eigenvalue weighted by Gasteiger charge is -2.23. The number of anilines is 1. The van der Waals surface area contributed by atoms with Gasteiger partial charge in [0, 0.05) is 36.6 Å². The fraction of sp³-hybridized carbons (Fsp3) is 0.444. The summed E-state index contributed by atoms with van der Waals surface area (Å²) in [5.41, 5.74) is 0.946. The smallest absolute Gasteiger partial charge is 0.308 e. The SMILES string of the molecule is CCN(C(=O)CC(CC(F)(F)F)SCCC#N)c1cn(-c2cccnc2)nc1Cl. The Kier molecular flexibility index (Phi) is 8.34. The normalized spacial score (nSPS) is 12.4. The number of halogens is 4. The van der Waals surface area contributed by atoms with E-state index in [1.165, 1.54) is 9.58 Å². The largest absolute Gasteiger partial charge is 0.390 e. The number of carbonyl (C=O) groups excluding carboxylic acids is 1. The lowest BCUT2D eigenvalue weighted by atomic mass is 10.2. The first-order valence-corrected chi connectivity index (χ1v) is 10.2. The van der Waals surface area contributed by atoms with Crippen molar-refractivity contribution in [1.82, 2.24) is 14.8 Å². The summed E-state index contributed by atoms with van der Waals surface area (Å²) in [5.74, 6) is -0.255. The molecule has 2 aromatic rings. The Morgan fingerprint density at radius 1 is 1.48 bits per heavy atom. The van der Waals surface area contributed by atoms with Gasteiger partial charge in [0.25, 0.3) is 0 Å². The highest BCUT2D eigenvalue weighted by atomic mass is 35.5. The Hall–Kier alpha value is -2.25. The summed E-state index contributed by atoms with van der Waals surface area (Å²) in [6.07, 6.45) is -0.993. The fourth-order valence-electron chi connectivity index (χ4n) is 2.65. The molecule has 0 bridgehead atoms. The van der Waals surface area contributed by atoms with Crippen LogP contribution in [0.3, 0.4) is 0 Å². The van der Waals surface area contributed by atoms with E-state index < -0.39 is 23.8 Å². The molecule has 6 nitrogen and oxygen atoms in total. The van der Waals surface area contributed by atoms with Crippen molar-refractivity contribution < 1.29 is 18.0 Å². The number of hydrogen-bond acceptors (Lipinski definition) is 5. The molecule has 2 aromatic heterocycles. The van der Waals surface area contributed by atoms with Crippen LogP contribution in [0, 0.1) is 11.3 Å². The van der Waals surface area contributed by atoms with E-state index in [1.807, 2.05) is 6.07 Å². The molecule has 0 radical (unpaired) electrons. The van der Waals surface area contributed by atoms with Gasteiger partial charge >= 0.3 is 6.18 Å². The molecule has 0 saturated heterocycles. The average Bonchev–Trinajstić information content (AvgIpc) is 3.03. The third kappa shape index (κ3) is 6.94. The van der Waals surface area contributed by atoms with Crippen LogP contribution in [-0.4, -0.2) is 44.4 Å². The monoisotopic (exact) mass is 445 g/mol. The molecule has 0 spiro atoms. The van der Waals surface area contributed by atoms with Gasteiger partial charge in [0.15, 0.2) is 5.15 Å². The zero-order chi connectivity index (χ0) is 21.4. The van der Waals surface area contributed by atoms with Crippen LogP contribution in [0.5, 0.6) is 0 Å². The van der Waals surface area contributed by atoms with Crippen molar-refractivity contribution in [3.63, 3.8) is 0 Å². The van der Waals surface area contributed by atoms with Crippen molar-refractivity contribution in [3.8, 4) is 11.8 Å². The van der Waals surface area contributed by atoms with Crippen molar-refractivity contribution in [3.05, 3.63) is 35.9 Å². The van der Waals surface area contributed by atoms with Gasteiger partial charge in [-0.1, -0.05) is 11.6 Å². The maximum atomic E-state index is 12.9. The molecular formula is C18H19ClF3N5OS. The summed E-state index contributed by atoms with van der Waals surface area (Å²) in [6.45, 7) is 1.93. The quantitative estimate of drug-likeness (QED) is 0.526. The summed E-state index contributed by atoms with van der Waals surface area (Å²) in [6, 6.07) is 5.36. The zero-order valence-electron chi connectivity index (χ0n) is 15.6. The summed E-state index contributed by atoms with van der Waals surface area (Å²) >= 11 is 7.17. The molecule has 0 saturated carbocycles. The lowest BCUT2D eigenvalue weighted by molar-refractivity contribution is -0.135. The summed E-state index contributed by atoms with van der Waals surface area (Å²) < 4.78 is 40.1. The highest BCUT2D eigenvalue weighted by Gasteiger charge is 2.34. The molecule has 0 aliphatic carbocycles. The molecule has 0 aliphatic heterocycles. The predicted molar refractivity (Wildman–Crippen MR) is 106 cm³/mol. The van der Waals surface area contributed by atoms with Crippen molar-refractivity contribution >= 4 is 35.0 Å². The number of aromatic nitrogens is 3. The molecule has 0 N–H and O–H groups in total. The van der Waals surface area contributed by atoms with Crippen molar-refractivity contribution in [2.45, 2.75) is 37.6 Å². The van der Waals surface area contributed by atoms with E-state index in [4.69, 9.17) is 16.9 Å². The van der Waals surface area contributed by atoms with Crippen LogP contribution in [0.25, 0.3) is 5.69 Å². The predicted octanol–water partition coefficient (Wildman–Crippen LogP) is 4.63. The third-order valence-electron chi connectivity index (χ3n) is 3.90. The molecule has 0 aliphatic rings. The van der Waals surface area contributed by atoms with E-state index in [0.717, 1.165) is 11.8 Å². The highest BCUT2D eigenvalue weighted by molar-refractivity contribution is 7.99. The molecule has 156 valence electrons. The van der Waals surface area contributed by atoms with Crippen LogP contribution in [0.2, 0.25) is 5.15 Å². The summed E-state index contributed by atoms with van der Waals surface area (Å²) in [4.78, 5) is 18.1. The van der Waals surface area contributed by atoms with E-state index in [2.05, 4.69) is 10.1 Å². The summed E-state index contributed by atoms with van der Waals surface area (Å²) in [7, 11) is 0. The number of hydrogen-bond donors (Lipinski definition) is 0. The van der Waals surface area contributed by atoms with E-state index in [1.54, 1.807) is 37.6 Å². The molecule has 0 aromatic carbocycles. The number of carbonyl (C=O) groups is 1. The second-order valence-electron chi connectivity index (χ2n) is 6.02. The number of rotatable bonds is 9. The van der Waals surface area contributed by atoms with E-state index in [9.17, 15) is 18.0 Å². The van der Waals surface area contributed by atoms with Gasteiger partial charge in [0.2, 0.25) is 5.91 Å². The van der Waals surface area contributed by atoms with Crippen LogP contribution in [-0.2, 0) is 4.79 Å².